The highest BCUT2D eigenvalue weighted by Crippen LogP contribution is 2.35. The van der Waals surface area contributed by atoms with E-state index in [1.54, 1.807) is 6.07 Å². The van der Waals surface area contributed by atoms with Gasteiger partial charge in [0.25, 0.3) is 0 Å². The topological polar surface area (TPSA) is 62.3 Å². The van der Waals surface area contributed by atoms with Crippen LogP contribution in [0, 0.1) is 6.92 Å². The number of aliphatic carboxylic acids is 1. The minimum atomic E-state index is -0.865. The van der Waals surface area contributed by atoms with Crippen molar-refractivity contribution in [2.45, 2.75) is 20.3 Å². The van der Waals surface area contributed by atoms with E-state index in [0.29, 0.717) is 11.6 Å². The Morgan fingerprint density at radius 3 is 2.54 bits per heavy atom. The minimum absolute atomic E-state index is 0.0520. The van der Waals surface area contributed by atoms with Gasteiger partial charge in [-0.15, -0.1) is 0 Å². The van der Waals surface area contributed by atoms with Gasteiger partial charge in [-0.05, 0) is 60.9 Å². The number of nitrogens with one attached hydrogen (secondary N) is 1. The number of benzene rings is 2. The molecule has 124 valence electrons. The molecule has 0 bridgehead atoms. The predicted octanol–water partition coefficient (Wildman–Crippen LogP) is 4.82. The molecule has 1 heterocycles. The third kappa shape index (κ3) is 2.97. The van der Waals surface area contributed by atoms with Crippen LogP contribution in [0.25, 0.3) is 22.2 Å². The number of aryl methyl sites for hydroxylation is 1. The van der Waals surface area contributed by atoms with Gasteiger partial charge in [0, 0.05) is 10.4 Å². The highest BCUT2D eigenvalue weighted by molar-refractivity contribution is 6.32. The summed E-state index contributed by atoms with van der Waals surface area (Å²) in [5.41, 5.74) is 4.28. The van der Waals surface area contributed by atoms with Gasteiger partial charge >= 0.3 is 5.97 Å². The van der Waals surface area contributed by atoms with Gasteiger partial charge < -0.3 is 14.8 Å². The Morgan fingerprint density at radius 1 is 1.21 bits per heavy atom. The molecule has 0 spiro atoms. The molecule has 0 atom stereocenters. The van der Waals surface area contributed by atoms with Crippen molar-refractivity contribution in [1.29, 1.82) is 0 Å². The maximum atomic E-state index is 11.3. The van der Waals surface area contributed by atoms with Crippen LogP contribution in [0.3, 0.4) is 0 Å². The first-order chi connectivity index (χ1) is 11.5. The molecule has 0 saturated heterocycles. The van der Waals surface area contributed by atoms with E-state index in [-0.39, 0.29) is 6.42 Å². The lowest BCUT2D eigenvalue weighted by molar-refractivity contribution is -0.136. The largest absolute Gasteiger partial charge is 0.494 e. The van der Waals surface area contributed by atoms with Crippen molar-refractivity contribution in [2.75, 3.05) is 6.61 Å². The Bertz CT molecular complexity index is 897. The predicted molar refractivity (Wildman–Crippen MR) is 96.0 cm³/mol. The summed E-state index contributed by atoms with van der Waals surface area (Å²) in [4.78, 5) is 14.7. The highest BCUT2D eigenvalue weighted by Gasteiger charge is 2.18. The van der Waals surface area contributed by atoms with Gasteiger partial charge in [-0.2, -0.15) is 0 Å². The van der Waals surface area contributed by atoms with Gasteiger partial charge in [0.2, 0.25) is 0 Å². The number of ether oxygens (including phenoxy) is 1. The van der Waals surface area contributed by atoms with E-state index in [1.807, 2.05) is 44.2 Å². The molecule has 0 aliphatic carbocycles. The Hall–Kier alpha value is -2.46. The van der Waals surface area contributed by atoms with Gasteiger partial charge in [-0.25, -0.2) is 0 Å². The van der Waals surface area contributed by atoms with Gasteiger partial charge in [-0.1, -0.05) is 17.7 Å². The molecule has 0 aliphatic heterocycles. The van der Waals surface area contributed by atoms with Gasteiger partial charge in [-0.3, -0.25) is 4.79 Å². The number of aromatic nitrogens is 1. The molecule has 3 aromatic rings. The molecule has 0 radical (unpaired) electrons. The van der Waals surface area contributed by atoms with Crippen molar-refractivity contribution in [2.24, 2.45) is 0 Å². The molecule has 3 rings (SSSR count). The summed E-state index contributed by atoms with van der Waals surface area (Å²) in [6.45, 7) is 4.46. The summed E-state index contributed by atoms with van der Waals surface area (Å²) in [7, 11) is 0. The molecule has 2 N–H and O–H groups in total. The first-order valence-corrected chi connectivity index (χ1v) is 8.13. The number of rotatable bonds is 5. The lowest BCUT2D eigenvalue weighted by Gasteiger charge is -2.06. The number of hydrogen-bond acceptors (Lipinski definition) is 2. The van der Waals surface area contributed by atoms with Gasteiger partial charge in [0.1, 0.15) is 5.75 Å². The van der Waals surface area contributed by atoms with Crippen molar-refractivity contribution < 1.29 is 14.6 Å². The third-order valence-electron chi connectivity index (χ3n) is 4.06. The van der Waals surface area contributed by atoms with Crippen molar-refractivity contribution in [3.8, 4) is 17.0 Å². The summed E-state index contributed by atoms with van der Waals surface area (Å²) in [6.07, 6.45) is -0.0520. The quantitative estimate of drug-likeness (QED) is 0.698. The molecular formula is C19H18ClNO3. The molecule has 0 amide bonds. The summed E-state index contributed by atoms with van der Waals surface area (Å²) in [6, 6.07) is 11.3. The highest BCUT2D eigenvalue weighted by atomic mass is 35.5. The lowest BCUT2D eigenvalue weighted by Crippen LogP contribution is -2.01. The van der Waals surface area contributed by atoms with Crippen LogP contribution in [0.5, 0.6) is 5.75 Å². The van der Waals surface area contributed by atoms with E-state index in [9.17, 15) is 9.90 Å². The molecule has 4 nitrogen and oxygen atoms in total. The molecule has 0 unspecified atom stereocenters. The maximum Gasteiger partial charge on any atom is 0.307 e. The van der Waals surface area contributed by atoms with E-state index in [0.717, 1.165) is 39.0 Å². The standard InChI is InChI=1S/C19H18ClNO3/c1-3-24-13-6-4-12(5-7-13)19-15(10-17(22)23)14-8-9-16(20)11(2)18(14)21-19/h4-9,21H,3,10H2,1-2H3,(H,22,23). The summed E-state index contributed by atoms with van der Waals surface area (Å²) in [5, 5.41) is 10.8. The number of H-pyrrole nitrogens is 1. The number of fused-ring (bicyclic) bond motifs is 1. The number of halogens is 1. The van der Waals surface area contributed by atoms with Crippen LogP contribution >= 0.6 is 11.6 Å². The maximum absolute atomic E-state index is 11.3. The van der Waals surface area contributed by atoms with Crippen LogP contribution in [0.2, 0.25) is 5.02 Å². The molecule has 5 heteroatoms. The monoisotopic (exact) mass is 343 g/mol. The average Bonchev–Trinajstić information content (AvgIpc) is 2.91. The zero-order valence-electron chi connectivity index (χ0n) is 13.5. The van der Waals surface area contributed by atoms with Crippen molar-refractivity contribution in [1.82, 2.24) is 4.98 Å². The Labute approximate surface area is 145 Å². The average molecular weight is 344 g/mol. The number of carbonyl (C=O) groups is 1. The molecule has 0 fully saturated rings. The van der Waals surface area contributed by atoms with Crippen LogP contribution < -0.4 is 4.74 Å². The number of carboxylic acids is 1. The smallest absolute Gasteiger partial charge is 0.307 e. The van der Waals surface area contributed by atoms with Crippen molar-refractivity contribution in [3.63, 3.8) is 0 Å². The van der Waals surface area contributed by atoms with Gasteiger partial charge in [0.15, 0.2) is 0 Å². The van der Waals surface area contributed by atoms with Crippen LogP contribution in [0.4, 0.5) is 0 Å². The molecule has 0 saturated carbocycles. The zero-order valence-corrected chi connectivity index (χ0v) is 14.3. The van der Waals surface area contributed by atoms with E-state index < -0.39 is 5.97 Å². The summed E-state index contributed by atoms with van der Waals surface area (Å²) < 4.78 is 5.46. The van der Waals surface area contributed by atoms with Crippen LogP contribution in [0.1, 0.15) is 18.1 Å². The Balaban J connectivity index is 2.18. The van der Waals surface area contributed by atoms with E-state index in [4.69, 9.17) is 16.3 Å². The van der Waals surface area contributed by atoms with Crippen LogP contribution in [0.15, 0.2) is 36.4 Å². The minimum Gasteiger partial charge on any atom is -0.494 e. The molecular weight excluding hydrogens is 326 g/mol. The number of hydrogen-bond donors (Lipinski definition) is 2. The first kappa shape index (κ1) is 16.4. The third-order valence-corrected chi connectivity index (χ3v) is 4.47. The molecule has 24 heavy (non-hydrogen) atoms. The SMILES string of the molecule is CCOc1ccc(-c2[nH]c3c(C)c(Cl)ccc3c2CC(=O)O)cc1. The van der Waals surface area contributed by atoms with Gasteiger partial charge in [0.05, 0.1) is 24.2 Å². The fourth-order valence-corrected chi connectivity index (χ4v) is 3.06. The number of carboxylic acid groups (broad SMARTS) is 1. The van der Waals surface area contributed by atoms with E-state index in [2.05, 4.69) is 4.98 Å². The molecule has 2 aromatic carbocycles. The fraction of sp³-hybridized carbons (Fsp3) is 0.211. The molecule has 1 aromatic heterocycles. The first-order valence-electron chi connectivity index (χ1n) is 7.76. The Morgan fingerprint density at radius 2 is 1.92 bits per heavy atom. The van der Waals surface area contributed by atoms with Crippen molar-refractivity contribution in [3.05, 3.63) is 52.5 Å². The van der Waals surface area contributed by atoms with E-state index in [1.165, 1.54) is 0 Å². The second-order valence-corrected chi connectivity index (χ2v) is 6.01. The van der Waals surface area contributed by atoms with Crippen LogP contribution in [-0.2, 0) is 11.2 Å². The fourth-order valence-electron chi connectivity index (χ4n) is 2.90. The normalized spacial score (nSPS) is 11.0. The second kappa shape index (κ2) is 6.57. The summed E-state index contributed by atoms with van der Waals surface area (Å²) in [5.74, 6) is -0.0768. The van der Waals surface area contributed by atoms with E-state index >= 15 is 0 Å². The lowest BCUT2D eigenvalue weighted by atomic mass is 10.0. The second-order valence-electron chi connectivity index (χ2n) is 5.60. The van der Waals surface area contributed by atoms with Crippen LogP contribution in [-0.4, -0.2) is 22.7 Å². The summed E-state index contributed by atoms with van der Waals surface area (Å²) >= 11 is 6.20. The Kier molecular flexibility index (Phi) is 4.49. The molecule has 0 aliphatic rings. The number of aromatic amines is 1. The zero-order chi connectivity index (χ0) is 17.3. The van der Waals surface area contributed by atoms with Crippen molar-refractivity contribution >= 4 is 28.5 Å².